The zero-order valence-corrected chi connectivity index (χ0v) is 10.2. The van der Waals surface area contributed by atoms with Crippen molar-refractivity contribution in [2.45, 2.75) is 20.3 Å². The highest BCUT2D eigenvalue weighted by atomic mass is 16.3. The van der Waals surface area contributed by atoms with Gasteiger partial charge in [-0.25, -0.2) is 0 Å². The standard InChI is InChI=1S/C12H9NO.C3H8/c14-11-7-3-6-10-12(11)8-4-1-2-5-9(8)13-10;1-3-2/h1-7,13-14H;3H2,1-2H3. The molecule has 0 aliphatic rings. The number of hydrogen-bond donors (Lipinski definition) is 2. The Morgan fingerprint density at radius 3 is 2.35 bits per heavy atom. The van der Waals surface area contributed by atoms with Crippen molar-refractivity contribution in [2.24, 2.45) is 0 Å². The van der Waals surface area contributed by atoms with Crippen LogP contribution in [0.5, 0.6) is 5.75 Å². The quantitative estimate of drug-likeness (QED) is 0.585. The summed E-state index contributed by atoms with van der Waals surface area (Å²) in [5, 5.41) is 11.7. The lowest BCUT2D eigenvalue weighted by molar-refractivity contribution is 0.482. The van der Waals surface area contributed by atoms with Crippen molar-refractivity contribution in [2.75, 3.05) is 0 Å². The van der Waals surface area contributed by atoms with E-state index in [0.29, 0.717) is 5.75 Å². The van der Waals surface area contributed by atoms with Gasteiger partial charge in [-0.1, -0.05) is 44.5 Å². The summed E-state index contributed by atoms with van der Waals surface area (Å²) in [4.78, 5) is 3.26. The number of hydrogen-bond acceptors (Lipinski definition) is 1. The number of H-pyrrole nitrogens is 1. The average molecular weight is 227 g/mol. The third-order valence-corrected chi connectivity index (χ3v) is 2.51. The lowest BCUT2D eigenvalue weighted by Crippen LogP contribution is -1.67. The number of para-hydroxylation sites is 1. The van der Waals surface area contributed by atoms with Crippen molar-refractivity contribution in [1.29, 1.82) is 0 Å². The van der Waals surface area contributed by atoms with Gasteiger partial charge in [-0.3, -0.25) is 0 Å². The summed E-state index contributed by atoms with van der Waals surface area (Å²) in [5.41, 5.74) is 2.04. The van der Waals surface area contributed by atoms with Crippen LogP contribution in [0.15, 0.2) is 42.5 Å². The molecule has 0 spiro atoms. The molecule has 0 unspecified atom stereocenters. The fourth-order valence-electron chi connectivity index (χ4n) is 1.88. The van der Waals surface area contributed by atoms with Gasteiger partial charge in [0.2, 0.25) is 0 Å². The first-order valence-electron chi connectivity index (χ1n) is 5.96. The van der Waals surface area contributed by atoms with Crippen molar-refractivity contribution in [1.82, 2.24) is 4.98 Å². The highest BCUT2D eigenvalue weighted by molar-refractivity contribution is 6.10. The Morgan fingerprint density at radius 2 is 1.59 bits per heavy atom. The Morgan fingerprint density at radius 1 is 0.941 bits per heavy atom. The topological polar surface area (TPSA) is 36.0 Å². The van der Waals surface area contributed by atoms with E-state index in [1.807, 2.05) is 36.4 Å². The SMILES string of the molecule is CCC.Oc1cccc2[nH]c3ccccc3c12. The van der Waals surface area contributed by atoms with Gasteiger partial charge in [0.05, 0.1) is 5.52 Å². The molecule has 17 heavy (non-hydrogen) atoms. The van der Waals surface area contributed by atoms with Crippen LogP contribution < -0.4 is 0 Å². The lowest BCUT2D eigenvalue weighted by Gasteiger charge is -1.93. The summed E-state index contributed by atoms with van der Waals surface area (Å²) in [5.74, 6) is 0.333. The highest BCUT2D eigenvalue weighted by Crippen LogP contribution is 2.31. The largest absolute Gasteiger partial charge is 0.507 e. The van der Waals surface area contributed by atoms with Crippen LogP contribution in [-0.4, -0.2) is 10.1 Å². The minimum atomic E-state index is 0.333. The fourth-order valence-corrected chi connectivity index (χ4v) is 1.88. The normalized spacial score (nSPS) is 10.2. The smallest absolute Gasteiger partial charge is 0.125 e. The molecule has 0 bridgehead atoms. The van der Waals surface area contributed by atoms with Crippen LogP contribution in [0.2, 0.25) is 0 Å². The number of phenolic OH excluding ortho intramolecular Hbond substituents is 1. The van der Waals surface area contributed by atoms with Gasteiger partial charge >= 0.3 is 0 Å². The predicted molar refractivity (Wildman–Crippen MR) is 73.4 cm³/mol. The molecular formula is C15H17NO. The number of benzene rings is 2. The third-order valence-electron chi connectivity index (χ3n) is 2.51. The Labute approximate surface area is 101 Å². The summed E-state index contributed by atoms with van der Waals surface area (Å²) in [7, 11) is 0. The van der Waals surface area contributed by atoms with Crippen molar-refractivity contribution in [3.63, 3.8) is 0 Å². The molecule has 0 amide bonds. The molecule has 88 valence electrons. The van der Waals surface area contributed by atoms with Gasteiger partial charge in [-0.2, -0.15) is 0 Å². The maximum atomic E-state index is 9.74. The number of fused-ring (bicyclic) bond motifs is 3. The van der Waals surface area contributed by atoms with Crippen LogP contribution in [0.4, 0.5) is 0 Å². The van der Waals surface area contributed by atoms with Gasteiger partial charge in [0.15, 0.2) is 0 Å². The first kappa shape index (κ1) is 11.5. The van der Waals surface area contributed by atoms with E-state index in [0.717, 1.165) is 21.8 Å². The molecule has 1 aromatic heterocycles. The monoisotopic (exact) mass is 227 g/mol. The Bertz CT molecular complexity index is 625. The second-order valence-corrected chi connectivity index (χ2v) is 4.08. The molecule has 3 rings (SSSR count). The first-order valence-corrected chi connectivity index (χ1v) is 5.96. The summed E-state index contributed by atoms with van der Waals surface area (Å²) >= 11 is 0. The van der Waals surface area contributed by atoms with E-state index >= 15 is 0 Å². The van der Waals surface area contributed by atoms with Crippen molar-refractivity contribution < 1.29 is 5.11 Å². The van der Waals surface area contributed by atoms with E-state index in [9.17, 15) is 5.11 Å². The minimum Gasteiger partial charge on any atom is -0.507 e. The second-order valence-electron chi connectivity index (χ2n) is 4.08. The van der Waals surface area contributed by atoms with E-state index in [1.54, 1.807) is 6.07 Å². The van der Waals surface area contributed by atoms with Gasteiger partial charge in [-0.15, -0.1) is 0 Å². The molecule has 0 saturated carbocycles. The second kappa shape index (κ2) is 4.91. The van der Waals surface area contributed by atoms with E-state index in [1.165, 1.54) is 6.42 Å². The van der Waals surface area contributed by atoms with Crippen molar-refractivity contribution in [3.05, 3.63) is 42.5 Å². The van der Waals surface area contributed by atoms with Crippen LogP contribution in [0.3, 0.4) is 0 Å². The third kappa shape index (κ3) is 2.11. The molecule has 0 atom stereocenters. The van der Waals surface area contributed by atoms with E-state index < -0.39 is 0 Å². The average Bonchev–Trinajstić information content (AvgIpc) is 2.69. The van der Waals surface area contributed by atoms with Crippen molar-refractivity contribution >= 4 is 21.8 Å². The number of aromatic amines is 1. The molecule has 0 radical (unpaired) electrons. The van der Waals surface area contributed by atoms with Crippen molar-refractivity contribution in [3.8, 4) is 5.75 Å². The molecule has 0 aliphatic heterocycles. The maximum Gasteiger partial charge on any atom is 0.125 e. The Kier molecular flexibility index (Phi) is 3.33. The molecule has 2 N–H and O–H groups in total. The highest BCUT2D eigenvalue weighted by Gasteiger charge is 2.05. The van der Waals surface area contributed by atoms with Gasteiger partial charge in [0.25, 0.3) is 0 Å². The number of phenols is 1. The van der Waals surface area contributed by atoms with Crippen LogP contribution in [0, 0.1) is 0 Å². The number of nitrogens with one attached hydrogen (secondary N) is 1. The Balaban J connectivity index is 0.000000329. The van der Waals surface area contributed by atoms with Crippen LogP contribution >= 0.6 is 0 Å². The molecule has 2 heteroatoms. The molecule has 0 fully saturated rings. The molecule has 0 saturated heterocycles. The number of rotatable bonds is 0. The number of aromatic hydroxyl groups is 1. The van der Waals surface area contributed by atoms with Gasteiger partial charge < -0.3 is 10.1 Å². The van der Waals surface area contributed by atoms with Crippen LogP contribution in [-0.2, 0) is 0 Å². The summed E-state index contributed by atoms with van der Waals surface area (Å²) in [6.07, 6.45) is 1.25. The predicted octanol–water partition coefficient (Wildman–Crippen LogP) is 4.44. The fraction of sp³-hybridized carbons (Fsp3) is 0.200. The maximum absolute atomic E-state index is 9.74. The number of aromatic nitrogens is 1. The van der Waals surface area contributed by atoms with Gasteiger partial charge in [0.1, 0.15) is 5.75 Å². The lowest BCUT2D eigenvalue weighted by atomic mass is 10.1. The molecule has 1 heterocycles. The molecule has 2 nitrogen and oxygen atoms in total. The molecular weight excluding hydrogens is 210 g/mol. The zero-order chi connectivity index (χ0) is 12.3. The summed E-state index contributed by atoms with van der Waals surface area (Å²) in [6.45, 7) is 4.25. The van der Waals surface area contributed by atoms with Gasteiger partial charge in [0, 0.05) is 16.3 Å². The minimum absolute atomic E-state index is 0.333. The summed E-state index contributed by atoms with van der Waals surface area (Å²) < 4.78 is 0. The van der Waals surface area contributed by atoms with E-state index in [2.05, 4.69) is 18.8 Å². The van der Waals surface area contributed by atoms with Crippen LogP contribution in [0.1, 0.15) is 20.3 Å². The van der Waals surface area contributed by atoms with Gasteiger partial charge in [-0.05, 0) is 18.2 Å². The van der Waals surface area contributed by atoms with Crippen LogP contribution in [0.25, 0.3) is 21.8 Å². The Hall–Kier alpha value is -1.96. The van der Waals surface area contributed by atoms with E-state index in [-0.39, 0.29) is 0 Å². The molecule has 0 aliphatic carbocycles. The zero-order valence-electron chi connectivity index (χ0n) is 10.2. The molecule has 3 aromatic rings. The summed E-state index contributed by atoms with van der Waals surface area (Å²) in [6, 6.07) is 13.5. The first-order chi connectivity index (χ1) is 8.27. The molecule has 2 aromatic carbocycles. The van der Waals surface area contributed by atoms with E-state index in [4.69, 9.17) is 0 Å².